The van der Waals surface area contributed by atoms with E-state index in [1.165, 1.54) is -0.342 Å². The van der Waals surface area contributed by atoms with Crippen LogP contribution in [0.15, 0.2) is 24.3 Å². The van der Waals surface area contributed by atoms with Gasteiger partial charge in [-0.15, -0.1) is 0 Å². The van der Waals surface area contributed by atoms with E-state index in [-0.39, 0.29) is 0 Å². The Kier molecular flexibility index (Phi) is 8.03. The molecule has 0 saturated heterocycles. The third kappa shape index (κ3) is 9.09. The standard InChI is InChI=1S/C6H4Cl.BF3.K/c7-6-4-2-1-3-5-6;2-1(3)4;/h2-5H;;. The Morgan fingerprint density at radius 1 is 1.08 bits per heavy atom. The number of halogens is 4. The zero-order valence-corrected chi connectivity index (χ0v) is 10.3. The molecule has 1 aromatic rings. The van der Waals surface area contributed by atoms with E-state index in [2.05, 4.69) is 12.1 Å². The average molecular weight is 218 g/mol. The van der Waals surface area contributed by atoms with Gasteiger partial charge in [-0.05, 0) is 0 Å². The fourth-order valence-corrected chi connectivity index (χ4v) is 1.18. The molecule has 0 radical (unpaired) electrons. The van der Waals surface area contributed by atoms with E-state index in [1.54, 1.807) is 0 Å². The second-order valence-electron chi connectivity index (χ2n) is 2.04. The van der Waals surface area contributed by atoms with Gasteiger partial charge in [0.1, 0.15) is 0 Å². The first kappa shape index (κ1) is 13.0. The van der Waals surface area contributed by atoms with Gasteiger partial charge >= 0.3 is 97.0 Å². The maximum Gasteiger partial charge on any atom is 0.762 e. The smallest absolute Gasteiger partial charge is 0.254 e. The summed E-state index contributed by atoms with van der Waals surface area (Å²) in [6, 6.07) is 8.01. The van der Waals surface area contributed by atoms with Crippen LogP contribution >= 0.6 is 11.6 Å². The number of hydrogen-bond donors (Lipinski definition) is 0. The summed E-state index contributed by atoms with van der Waals surface area (Å²) in [6.45, 7) is 0. The second kappa shape index (κ2) is 7.41. The summed E-state index contributed by atoms with van der Waals surface area (Å²) in [4.78, 5) is 0. The fourth-order valence-electron chi connectivity index (χ4n) is 0.533. The van der Waals surface area contributed by atoms with Gasteiger partial charge in [-0.1, -0.05) is 0 Å². The van der Waals surface area contributed by atoms with Gasteiger partial charge in [0.25, 0.3) is 0 Å². The predicted molar refractivity (Wildman–Crippen MR) is 45.9 cm³/mol. The van der Waals surface area contributed by atoms with E-state index < -0.39 is 7.54 Å². The Labute approximate surface area is 108 Å². The molecule has 0 aromatic heterocycles. The van der Waals surface area contributed by atoms with Crippen LogP contribution < -0.4 is -0.342 Å². The van der Waals surface area contributed by atoms with Gasteiger partial charge in [0.05, 0.1) is 0 Å². The second-order valence-corrected chi connectivity index (χ2v) is 4.28. The molecule has 0 amide bonds. The van der Waals surface area contributed by atoms with Crippen molar-refractivity contribution in [1.29, 1.82) is 0 Å². The molecule has 0 nitrogen and oxygen atoms in total. The monoisotopic (exact) mass is 218 g/mol. The Bertz CT molecular complexity index is 193. The number of benzene rings is 1. The Morgan fingerprint density at radius 3 is 1.67 bits per heavy atom. The number of rotatable bonds is 0. The summed E-state index contributed by atoms with van der Waals surface area (Å²) in [6.07, 6.45) is 0. The molecule has 0 fully saturated rings. The quantitative estimate of drug-likeness (QED) is 0.585. The average Bonchev–Trinajstić information content (AvgIpc) is 1.94. The molecular formula is C6H4BClF3K. The maximum atomic E-state index is 9.67. The molecule has 0 aliphatic rings. The van der Waals surface area contributed by atoms with Crippen LogP contribution in [-0.4, -0.2) is 56.5 Å². The first-order chi connectivity index (χ1) is 5.52. The molecular weight excluding hydrogens is 214 g/mol. The van der Waals surface area contributed by atoms with E-state index in [9.17, 15) is 12.9 Å². The van der Waals surface area contributed by atoms with Crippen molar-refractivity contribution in [3.05, 3.63) is 29.3 Å². The van der Waals surface area contributed by atoms with Gasteiger partial charge in [0.15, 0.2) is 0 Å². The fraction of sp³-hybridized carbons (Fsp3) is 0. The van der Waals surface area contributed by atoms with Crippen molar-refractivity contribution in [3.63, 3.8) is 0 Å². The van der Waals surface area contributed by atoms with E-state index in [1.807, 2.05) is 12.1 Å². The summed E-state index contributed by atoms with van der Waals surface area (Å²) in [7, 11) is -3.67. The maximum absolute atomic E-state index is 9.67. The van der Waals surface area contributed by atoms with E-state index in [0.29, 0.717) is 0 Å². The molecule has 0 saturated carbocycles. The van der Waals surface area contributed by atoms with E-state index in [4.69, 9.17) is 11.6 Å². The molecule has 12 heavy (non-hydrogen) atoms. The molecule has 60 valence electrons. The molecule has 6 heteroatoms. The van der Waals surface area contributed by atoms with Crippen LogP contribution in [0, 0.1) is 0 Å². The summed E-state index contributed by atoms with van der Waals surface area (Å²) in [5, 5.41) is 0.831. The van der Waals surface area contributed by atoms with Crippen LogP contribution in [0.1, 0.15) is 0 Å². The molecule has 0 N–H and O–H groups in total. The summed E-state index contributed by atoms with van der Waals surface area (Å²) < 4.78 is 30.4. The van der Waals surface area contributed by atoms with Crippen LogP contribution in [0.25, 0.3) is 0 Å². The van der Waals surface area contributed by atoms with Gasteiger partial charge in [-0.3, -0.25) is 12.9 Å². The zero-order chi connectivity index (χ0) is 9.56. The van der Waals surface area contributed by atoms with E-state index in [0.717, 1.165) is 54.0 Å². The summed E-state index contributed by atoms with van der Waals surface area (Å²) >= 11 is 6.42. The third-order valence-corrected chi connectivity index (χ3v) is 2.30. The van der Waals surface area contributed by atoms with Gasteiger partial charge in [-0.2, -0.15) is 0 Å². The van der Waals surface area contributed by atoms with Crippen molar-refractivity contribution in [1.82, 2.24) is 0 Å². The predicted octanol–water partition coefficient (Wildman–Crippen LogP) is 2.01. The minimum atomic E-state index is -3.67. The van der Waals surface area contributed by atoms with Gasteiger partial charge < -0.3 is 0 Å². The van der Waals surface area contributed by atoms with Crippen LogP contribution in [0.3, 0.4) is 0 Å². The van der Waals surface area contributed by atoms with E-state index >= 15 is 0 Å². The van der Waals surface area contributed by atoms with Gasteiger partial charge in [0.2, 0.25) is 0 Å². The molecule has 0 aliphatic heterocycles. The van der Waals surface area contributed by atoms with Crippen molar-refractivity contribution in [2.24, 2.45) is 0 Å². The Hall–Kier alpha value is 1.00. The van der Waals surface area contributed by atoms with Crippen molar-refractivity contribution in [2.45, 2.75) is 0 Å². The first-order valence-corrected chi connectivity index (χ1v) is 5.10. The Balaban J connectivity index is 0.000000261. The van der Waals surface area contributed by atoms with Gasteiger partial charge in [0, 0.05) is 0 Å². The van der Waals surface area contributed by atoms with Crippen molar-refractivity contribution >= 4 is 67.8 Å². The van der Waals surface area contributed by atoms with Crippen molar-refractivity contribution in [3.8, 4) is 0 Å². The third-order valence-electron chi connectivity index (χ3n) is 1.01. The minimum Gasteiger partial charge on any atom is -0.254 e. The molecule has 1 aromatic carbocycles. The largest absolute Gasteiger partial charge is 0.762 e. The SMILES string of the molecule is Clc1cc[c]([K])cc1.FB(F)F. The molecule has 0 atom stereocenters. The van der Waals surface area contributed by atoms with Crippen LogP contribution in [-0.2, 0) is 0 Å². The Morgan fingerprint density at radius 2 is 1.42 bits per heavy atom. The molecule has 1 rings (SSSR count). The minimum absolute atomic E-state index is 0.789. The molecule has 0 spiro atoms. The number of hydrogen-bond acceptors (Lipinski definition) is 0. The first-order valence-electron chi connectivity index (χ1n) is 3.17. The summed E-state index contributed by atoms with van der Waals surface area (Å²) in [5.41, 5.74) is 0. The van der Waals surface area contributed by atoms with Crippen molar-refractivity contribution in [2.75, 3.05) is 0 Å². The van der Waals surface area contributed by atoms with Crippen LogP contribution in [0.2, 0.25) is 5.02 Å². The molecule has 0 unspecified atom stereocenters. The zero-order valence-electron chi connectivity index (χ0n) is 6.40. The molecule has 0 bridgehead atoms. The topological polar surface area (TPSA) is 0 Å². The molecule has 0 heterocycles. The van der Waals surface area contributed by atoms with Crippen LogP contribution in [0.5, 0.6) is 0 Å². The van der Waals surface area contributed by atoms with Crippen LogP contribution in [0.4, 0.5) is 12.9 Å². The molecule has 0 aliphatic carbocycles. The van der Waals surface area contributed by atoms with Crippen molar-refractivity contribution < 1.29 is 12.9 Å². The summed E-state index contributed by atoms with van der Waals surface area (Å²) in [5.74, 6) is 0. The van der Waals surface area contributed by atoms with Gasteiger partial charge in [-0.25, -0.2) is 0 Å². The normalized spacial score (nSPS) is 8.50.